The van der Waals surface area contributed by atoms with Gasteiger partial charge in [-0.2, -0.15) is 0 Å². The number of methoxy groups -OCH3 is 2. The number of likely N-dealkylation sites (tertiary alicyclic amines) is 1. The summed E-state index contributed by atoms with van der Waals surface area (Å²) in [5.74, 6) is 0.939. The highest BCUT2D eigenvalue weighted by Gasteiger charge is 2.33. The van der Waals surface area contributed by atoms with Crippen LogP contribution in [0.4, 0.5) is 20.6 Å². The Morgan fingerprint density at radius 3 is 2.33 bits per heavy atom. The summed E-state index contributed by atoms with van der Waals surface area (Å²) in [6.07, 6.45) is 2.08. The molecule has 4 aromatic rings. The Hall–Kier alpha value is -5.17. The fourth-order valence-electron chi connectivity index (χ4n) is 6.35. The van der Waals surface area contributed by atoms with Gasteiger partial charge in [-0.25, -0.2) is 18.8 Å². The molecule has 0 saturated carbocycles. The number of halogens is 1. The Labute approximate surface area is 278 Å². The van der Waals surface area contributed by atoms with E-state index in [1.807, 2.05) is 16.0 Å². The predicted octanol–water partition coefficient (Wildman–Crippen LogP) is 4.23. The third-order valence-corrected chi connectivity index (χ3v) is 8.95. The summed E-state index contributed by atoms with van der Waals surface area (Å²) in [5.41, 5.74) is 1.03. The number of urea groups is 1. The molecule has 3 amide bonds. The Morgan fingerprint density at radius 1 is 0.938 bits per heavy atom. The first-order chi connectivity index (χ1) is 23.3. The molecule has 0 aliphatic carbocycles. The molecule has 0 radical (unpaired) electrons. The number of piperazine rings is 1. The Kier molecular flexibility index (Phi) is 9.76. The fraction of sp³-hybridized carbons (Fsp3) is 0.371. The van der Waals surface area contributed by atoms with E-state index in [1.165, 1.54) is 43.4 Å². The van der Waals surface area contributed by atoms with Gasteiger partial charge < -0.3 is 24.7 Å². The van der Waals surface area contributed by atoms with Crippen LogP contribution in [-0.4, -0.2) is 91.4 Å². The zero-order valence-corrected chi connectivity index (χ0v) is 27.4. The molecule has 2 aliphatic heterocycles. The van der Waals surface area contributed by atoms with Gasteiger partial charge in [-0.15, -0.1) is 0 Å². The van der Waals surface area contributed by atoms with E-state index in [1.54, 1.807) is 48.0 Å². The third kappa shape index (κ3) is 6.77. The molecule has 2 fully saturated rings. The number of benzene rings is 3. The highest BCUT2D eigenvalue weighted by Crippen LogP contribution is 2.37. The lowest BCUT2D eigenvalue weighted by Gasteiger charge is -2.39. The van der Waals surface area contributed by atoms with Crippen molar-refractivity contribution in [3.63, 3.8) is 0 Å². The lowest BCUT2D eigenvalue weighted by Crippen LogP contribution is -2.57. The van der Waals surface area contributed by atoms with Crippen molar-refractivity contribution in [2.45, 2.75) is 25.8 Å². The molecule has 3 heterocycles. The van der Waals surface area contributed by atoms with Crippen LogP contribution in [-0.2, 0) is 4.79 Å². The fourth-order valence-corrected chi connectivity index (χ4v) is 6.35. The maximum Gasteiger partial charge on any atom is 0.327 e. The van der Waals surface area contributed by atoms with Gasteiger partial charge in [-0.1, -0.05) is 12.1 Å². The van der Waals surface area contributed by atoms with Crippen molar-refractivity contribution >= 4 is 34.2 Å². The summed E-state index contributed by atoms with van der Waals surface area (Å²) in [5, 5.41) is 5.24. The zero-order valence-electron chi connectivity index (χ0n) is 27.4. The first-order valence-electron chi connectivity index (χ1n) is 16.1. The molecule has 3 aromatic carbocycles. The maximum atomic E-state index is 14.3. The van der Waals surface area contributed by atoms with Gasteiger partial charge in [0.15, 0.2) is 5.82 Å². The number of para-hydroxylation sites is 1. The van der Waals surface area contributed by atoms with Gasteiger partial charge in [0.25, 0.3) is 5.56 Å². The second kappa shape index (κ2) is 14.3. The highest BCUT2D eigenvalue weighted by atomic mass is 19.1. The second-order valence-corrected chi connectivity index (χ2v) is 11.9. The van der Waals surface area contributed by atoms with Crippen LogP contribution in [0.5, 0.6) is 11.5 Å². The van der Waals surface area contributed by atoms with Gasteiger partial charge in [-0.05, 0) is 68.3 Å². The van der Waals surface area contributed by atoms with Gasteiger partial charge in [-0.3, -0.25) is 19.4 Å². The average Bonchev–Trinajstić information content (AvgIpc) is 3.66. The molecule has 252 valence electrons. The largest absolute Gasteiger partial charge is 0.497 e. The zero-order chi connectivity index (χ0) is 33.8. The maximum absolute atomic E-state index is 14.3. The van der Waals surface area contributed by atoms with Gasteiger partial charge in [0.1, 0.15) is 17.3 Å². The standard InChI is InChI=1S/C35H40FN7O5/c1-24(42(30-15-14-27(47-2)22-31(30)48-3)35(46)37-26-12-10-25(36)11-13-26)33-38-29-9-5-4-8-28(29)34(45)43(33)41-20-18-39(19-21-41)23-32(44)40-16-6-7-17-40/h4-5,8-15,22,24H,6-7,16-21,23H2,1-3H3,(H,37,46). The molecular formula is C35H40FN7O5. The molecule has 48 heavy (non-hydrogen) atoms. The van der Waals surface area contributed by atoms with E-state index in [0.29, 0.717) is 72.3 Å². The van der Waals surface area contributed by atoms with Crippen LogP contribution in [0, 0.1) is 5.82 Å². The molecule has 2 saturated heterocycles. The summed E-state index contributed by atoms with van der Waals surface area (Å²) in [7, 11) is 3.03. The van der Waals surface area contributed by atoms with Gasteiger partial charge in [0, 0.05) is 51.0 Å². The number of fused-ring (bicyclic) bond motifs is 1. The quantitative estimate of drug-likeness (QED) is 0.285. The van der Waals surface area contributed by atoms with Crippen molar-refractivity contribution in [1.29, 1.82) is 0 Å². The molecule has 13 heteroatoms. The number of nitrogens with zero attached hydrogens (tertiary/aromatic N) is 6. The van der Waals surface area contributed by atoms with Gasteiger partial charge in [0.2, 0.25) is 5.91 Å². The van der Waals surface area contributed by atoms with Crippen LogP contribution in [0.3, 0.4) is 0 Å². The minimum Gasteiger partial charge on any atom is -0.497 e. The molecule has 6 rings (SSSR count). The molecule has 12 nitrogen and oxygen atoms in total. The van der Waals surface area contributed by atoms with E-state index in [0.717, 1.165) is 25.9 Å². The second-order valence-electron chi connectivity index (χ2n) is 11.9. The van der Waals surface area contributed by atoms with E-state index in [2.05, 4.69) is 10.2 Å². The number of hydrogen-bond acceptors (Lipinski definition) is 8. The van der Waals surface area contributed by atoms with Crippen molar-refractivity contribution in [2.75, 3.05) is 75.3 Å². The lowest BCUT2D eigenvalue weighted by atomic mass is 10.1. The van der Waals surface area contributed by atoms with Crippen LogP contribution < -0.4 is 30.3 Å². The predicted molar refractivity (Wildman–Crippen MR) is 182 cm³/mol. The number of hydrogen-bond donors (Lipinski definition) is 1. The number of ether oxygens (including phenoxy) is 2. The molecule has 0 spiro atoms. The van der Waals surface area contributed by atoms with E-state index in [4.69, 9.17) is 14.5 Å². The molecule has 2 aliphatic rings. The van der Waals surface area contributed by atoms with Crippen molar-refractivity contribution in [3.05, 3.63) is 88.7 Å². The molecule has 0 bridgehead atoms. The van der Waals surface area contributed by atoms with Crippen molar-refractivity contribution in [2.24, 2.45) is 0 Å². The Bertz CT molecular complexity index is 1840. The average molecular weight is 658 g/mol. The summed E-state index contributed by atoms with van der Waals surface area (Å²) in [4.78, 5) is 51.8. The number of carbonyl (C=O) groups is 2. The highest BCUT2D eigenvalue weighted by molar-refractivity contribution is 6.03. The summed E-state index contributed by atoms with van der Waals surface area (Å²) < 4.78 is 26.4. The number of nitrogens with one attached hydrogen (secondary N) is 1. The van der Waals surface area contributed by atoms with E-state index in [9.17, 15) is 18.8 Å². The van der Waals surface area contributed by atoms with E-state index in [-0.39, 0.29) is 11.5 Å². The normalized spacial score (nSPS) is 15.8. The van der Waals surface area contributed by atoms with Crippen molar-refractivity contribution in [1.82, 2.24) is 19.5 Å². The number of carbonyl (C=O) groups excluding carboxylic acids is 2. The molecule has 1 atom stereocenters. The smallest absolute Gasteiger partial charge is 0.327 e. The molecule has 1 aromatic heterocycles. The van der Waals surface area contributed by atoms with Crippen LogP contribution in [0.15, 0.2) is 71.5 Å². The Morgan fingerprint density at radius 2 is 1.65 bits per heavy atom. The van der Waals surface area contributed by atoms with Crippen LogP contribution in [0.2, 0.25) is 0 Å². The number of aromatic nitrogens is 2. The molecular weight excluding hydrogens is 617 g/mol. The molecule has 1 unspecified atom stereocenters. The Balaban J connectivity index is 1.38. The van der Waals surface area contributed by atoms with E-state index < -0.39 is 17.9 Å². The SMILES string of the molecule is COc1ccc(N(C(=O)Nc2ccc(F)cc2)C(C)c2nc3ccccc3c(=O)n2N2CCN(CC(=O)N3CCCC3)CC2)c(OC)c1. The number of rotatable bonds is 9. The van der Waals surface area contributed by atoms with Gasteiger partial charge in [0.05, 0.1) is 43.4 Å². The van der Waals surface area contributed by atoms with Crippen LogP contribution in [0.1, 0.15) is 31.6 Å². The third-order valence-electron chi connectivity index (χ3n) is 8.95. The van der Waals surface area contributed by atoms with Crippen molar-refractivity contribution < 1.29 is 23.5 Å². The van der Waals surface area contributed by atoms with Crippen LogP contribution >= 0.6 is 0 Å². The first-order valence-corrected chi connectivity index (χ1v) is 16.1. The monoisotopic (exact) mass is 657 g/mol. The minimum atomic E-state index is -0.806. The molecule has 1 N–H and O–H groups in total. The topological polar surface area (TPSA) is 112 Å². The first kappa shape index (κ1) is 32.8. The lowest BCUT2D eigenvalue weighted by molar-refractivity contribution is -0.131. The summed E-state index contributed by atoms with van der Waals surface area (Å²) in [6, 6.07) is 16.3. The van der Waals surface area contributed by atoms with Gasteiger partial charge >= 0.3 is 6.03 Å². The minimum absolute atomic E-state index is 0.135. The summed E-state index contributed by atoms with van der Waals surface area (Å²) in [6.45, 7) is 5.86. The van der Waals surface area contributed by atoms with E-state index >= 15 is 0 Å². The van der Waals surface area contributed by atoms with Crippen molar-refractivity contribution in [3.8, 4) is 11.5 Å². The summed E-state index contributed by atoms with van der Waals surface area (Å²) >= 11 is 0. The van der Waals surface area contributed by atoms with Crippen LogP contribution in [0.25, 0.3) is 10.9 Å². The number of amides is 3. The number of anilines is 2.